The van der Waals surface area contributed by atoms with Gasteiger partial charge in [0, 0.05) is 25.2 Å². The number of rotatable bonds is 0. The Labute approximate surface area is 67.1 Å². The van der Waals surface area contributed by atoms with Gasteiger partial charge in [0.25, 0.3) is 0 Å². The summed E-state index contributed by atoms with van der Waals surface area (Å²) in [6, 6.07) is 1.09. The summed E-state index contributed by atoms with van der Waals surface area (Å²) >= 11 is 0. The Kier molecular flexibility index (Phi) is 1.03. The normalized spacial score (nSPS) is 53.6. The first-order valence-electron chi connectivity index (χ1n) is 4.83. The summed E-state index contributed by atoms with van der Waals surface area (Å²) in [5.41, 5.74) is 9.66. The molecule has 1 heterocycles. The van der Waals surface area contributed by atoms with Crippen molar-refractivity contribution in [3.8, 4) is 0 Å². The number of piperidine rings is 1. The van der Waals surface area contributed by atoms with Crippen molar-refractivity contribution in [3.05, 3.63) is 5.53 Å². The third-order valence-corrected chi connectivity index (χ3v) is 4.01. The van der Waals surface area contributed by atoms with Gasteiger partial charge in [-0.3, -0.25) is 0 Å². The monoisotopic (exact) mass is 150 g/mol. The molecule has 3 fully saturated rings. The van der Waals surface area contributed by atoms with Crippen LogP contribution in [-0.4, -0.2) is 16.8 Å². The summed E-state index contributed by atoms with van der Waals surface area (Å²) in [7, 11) is 0. The van der Waals surface area contributed by atoms with E-state index in [1.54, 1.807) is 4.70 Å². The molecule has 60 valence electrons. The second-order valence-corrected chi connectivity index (χ2v) is 4.43. The van der Waals surface area contributed by atoms with Gasteiger partial charge in [-0.2, -0.15) is 0 Å². The molecule has 0 spiro atoms. The van der Waals surface area contributed by atoms with Crippen LogP contribution in [0.4, 0.5) is 0 Å². The van der Waals surface area contributed by atoms with E-state index < -0.39 is 0 Å². The minimum atomic E-state index is 0.537. The fourth-order valence-electron chi connectivity index (χ4n) is 3.55. The molecule has 0 aromatic rings. The summed E-state index contributed by atoms with van der Waals surface area (Å²) in [5.74, 6) is 1.83. The number of fused-ring (bicyclic) bond motifs is 1. The molecule has 0 N–H and O–H groups in total. The zero-order valence-electron chi connectivity index (χ0n) is 6.74. The molecule has 2 heteroatoms. The van der Waals surface area contributed by atoms with E-state index in [0.29, 0.717) is 12.1 Å². The highest BCUT2D eigenvalue weighted by Crippen LogP contribution is 2.50. The molecule has 3 aliphatic rings. The Morgan fingerprint density at radius 3 is 2.82 bits per heavy atom. The van der Waals surface area contributed by atoms with Crippen molar-refractivity contribution < 1.29 is 4.70 Å². The first kappa shape index (κ1) is 6.15. The lowest BCUT2D eigenvalue weighted by Crippen LogP contribution is -2.38. The van der Waals surface area contributed by atoms with Crippen molar-refractivity contribution in [2.75, 3.05) is 0 Å². The second kappa shape index (κ2) is 1.85. The Bertz CT molecular complexity index is 210. The minimum absolute atomic E-state index is 0.537. The fourth-order valence-corrected chi connectivity index (χ4v) is 3.55. The summed E-state index contributed by atoms with van der Waals surface area (Å²) < 4.78 is 1.67. The molecule has 0 amide bonds. The van der Waals surface area contributed by atoms with Crippen LogP contribution in [0.15, 0.2) is 0 Å². The molecule has 1 saturated heterocycles. The number of hydrogen-bond donors (Lipinski definition) is 0. The second-order valence-electron chi connectivity index (χ2n) is 4.43. The summed E-state index contributed by atoms with van der Waals surface area (Å²) in [4.78, 5) is 0. The number of hydrogen-bond acceptors (Lipinski definition) is 0. The van der Waals surface area contributed by atoms with E-state index in [0.717, 1.165) is 11.8 Å². The molecule has 3 rings (SSSR count). The number of nitrogens with zero attached hydrogens (tertiary/aromatic N) is 2. The highest BCUT2D eigenvalue weighted by molar-refractivity contribution is 4.95. The van der Waals surface area contributed by atoms with Crippen LogP contribution in [0.2, 0.25) is 0 Å². The van der Waals surface area contributed by atoms with Gasteiger partial charge in [0.15, 0.2) is 0 Å². The van der Waals surface area contributed by atoms with Gasteiger partial charge in [-0.25, -0.2) is 0 Å². The van der Waals surface area contributed by atoms with E-state index >= 15 is 0 Å². The lowest BCUT2D eigenvalue weighted by Gasteiger charge is -2.33. The maximum absolute atomic E-state index is 9.66. The van der Waals surface area contributed by atoms with Crippen molar-refractivity contribution >= 4 is 0 Å². The predicted octanol–water partition coefficient (Wildman–Crippen LogP) is 1.98. The zero-order valence-corrected chi connectivity index (χ0v) is 6.74. The summed E-state index contributed by atoms with van der Waals surface area (Å²) in [6.07, 6.45) is 6.58. The quantitative estimate of drug-likeness (QED) is 0.472. The van der Waals surface area contributed by atoms with Crippen LogP contribution in [0.1, 0.15) is 32.1 Å². The Morgan fingerprint density at radius 1 is 1.18 bits per heavy atom. The average Bonchev–Trinajstić information content (AvgIpc) is 2.53. The molecule has 2 aliphatic carbocycles. The van der Waals surface area contributed by atoms with Crippen molar-refractivity contribution in [1.82, 2.24) is 0 Å². The van der Waals surface area contributed by atoms with Crippen LogP contribution < -0.4 is 0 Å². The first-order valence-corrected chi connectivity index (χ1v) is 4.83. The third-order valence-electron chi connectivity index (χ3n) is 4.01. The van der Waals surface area contributed by atoms with Gasteiger partial charge in [0.05, 0.1) is 0 Å². The average molecular weight is 150 g/mol. The van der Waals surface area contributed by atoms with Crippen LogP contribution in [-0.2, 0) is 0 Å². The standard InChI is InChI=1S/C9H14N2/c10-11-7-4-6-2-1-3-9(11)8(6)5-7/h6-9H,1-5H2/t6?,7-,8?,9-/m0/s1. The van der Waals surface area contributed by atoms with Crippen LogP contribution in [0.3, 0.4) is 0 Å². The van der Waals surface area contributed by atoms with Gasteiger partial charge in [0.1, 0.15) is 12.1 Å². The topological polar surface area (TPSA) is 25.3 Å². The lowest BCUT2D eigenvalue weighted by atomic mass is 9.78. The van der Waals surface area contributed by atoms with E-state index in [1.165, 1.54) is 32.1 Å². The van der Waals surface area contributed by atoms with Gasteiger partial charge < -0.3 is 10.2 Å². The largest absolute Gasteiger partial charge is 0.506 e. The molecule has 0 radical (unpaired) electrons. The van der Waals surface area contributed by atoms with E-state index in [4.69, 9.17) is 0 Å². The van der Waals surface area contributed by atoms with Crippen molar-refractivity contribution in [1.29, 1.82) is 0 Å². The molecule has 2 bridgehead atoms. The van der Waals surface area contributed by atoms with E-state index in [9.17, 15) is 5.53 Å². The molecule has 1 aliphatic heterocycles. The van der Waals surface area contributed by atoms with Crippen molar-refractivity contribution in [3.63, 3.8) is 0 Å². The lowest BCUT2D eigenvalue weighted by molar-refractivity contribution is -0.615. The van der Waals surface area contributed by atoms with Crippen molar-refractivity contribution in [2.45, 2.75) is 44.2 Å². The van der Waals surface area contributed by atoms with Gasteiger partial charge in [-0.05, 0) is 18.8 Å². The van der Waals surface area contributed by atoms with Crippen LogP contribution in [0, 0.1) is 11.8 Å². The van der Waals surface area contributed by atoms with Gasteiger partial charge in [0.2, 0.25) is 0 Å². The first-order chi connectivity index (χ1) is 5.36. The molecule has 4 atom stereocenters. The smallest absolute Gasteiger partial charge is 0.144 e. The van der Waals surface area contributed by atoms with E-state index in [-0.39, 0.29) is 0 Å². The molecule has 0 aromatic carbocycles. The van der Waals surface area contributed by atoms with Crippen LogP contribution >= 0.6 is 0 Å². The summed E-state index contributed by atoms with van der Waals surface area (Å²) in [6.45, 7) is 0. The Balaban J connectivity index is 1.98. The third kappa shape index (κ3) is 0.633. The predicted molar refractivity (Wildman–Crippen MR) is 41.3 cm³/mol. The van der Waals surface area contributed by atoms with Crippen LogP contribution in [0.5, 0.6) is 0 Å². The fraction of sp³-hybridized carbons (Fsp3) is 1.00. The Hall–Kier alpha value is -0.400. The maximum atomic E-state index is 9.66. The van der Waals surface area contributed by atoms with E-state index in [2.05, 4.69) is 0 Å². The summed E-state index contributed by atoms with van der Waals surface area (Å²) in [5, 5.41) is 0. The molecule has 2 saturated carbocycles. The van der Waals surface area contributed by atoms with Crippen molar-refractivity contribution in [2.24, 2.45) is 11.8 Å². The molecular formula is C9H14N2. The maximum Gasteiger partial charge on any atom is 0.144 e. The molecule has 11 heavy (non-hydrogen) atoms. The van der Waals surface area contributed by atoms with Gasteiger partial charge in [-0.15, -0.1) is 0 Å². The highest BCUT2D eigenvalue weighted by atomic mass is 15.3. The minimum Gasteiger partial charge on any atom is -0.506 e. The highest BCUT2D eigenvalue weighted by Gasteiger charge is 2.54. The molecule has 0 aromatic heterocycles. The SMILES string of the molecule is [N-]=[N+]1[C@H]2CC3CCC[C@H]1C3C2. The van der Waals surface area contributed by atoms with E-state index in [1.807, 2.05) is 0 Å². The van der Waals surface area contributed by atoms with Gasteiger partial charge in [-0.1, -0.05) is 0 Å². The molecule has 2 nitrogen and oxygen atoms in total. The molecular weight excluding hydrogens is 136 g/mol. The van der Waals surface area contributed by atoms with Gasteiger partial charge >= 0.3 is 0 Å². The Morgan fingerprint density at radius 2 is 2.09 bits per heavy atom. The van der Waals surface area contributed by atoms with Crippen LogP contribution in [0.25, 0.3) is 5.53 Å². The zero-order chi connectivity index (χ0) is 7.42. The molecule has 2 unspecified atom stereocenters.